The number of ether oxygens (including phenoxy) is 4. The van der Waals surface area contributed by atoms with Crippen LogP contribution in [0.2, 0.25) is 0 Å². The van der Waals surface area contributed by atoms with Crippen LogP contribution in [0.5, 0.6) is 0 Å². The number of esters is 4. The zero-order chi connectivity index (χ0) is 20.5. The van der Waals surface area contributed by atoms with Gasteiger partial charge >= 0.3 is 23.9 Å². The summed E-state index contributed by atoms with van der Waals surface area (Å²) in [7, 11) is 0. The minimum Gasteiger partial charge on any atom is -0.462 e. The first-order valence-corrected chi connectivity index (χ1v) is 9.88. The van der Waals surface area contributed by atoms with E-state index in [2.05, 4.69) is 0 Å². The first kappa shape index (κ1) is 20.6. The molecule has 0 aromatic heterocycles. The van der Waals surface area contributed by atoms with Crippen LogP contribution in [0, 0.1) is 17.3 Å². The van der Waals surface area contributed by atoms with Crippen LogP contribution in [0.4, 0.5) is 0 Å². The maximum atomic E-state index is 12.2. The molecule has 0 amide bonds. The molecule has 8 nitrogen and oxygen atoms in total. The molecule has 156 valence electrons. The van der Waals surface area contributed by atoms with E-state index in [1.54, 1.807) is 13.8 Å². The summed E-state index contributed by atoms with van der Waals surface area (Å²) in [6, 6.07) is 0. The Balaban J connectivity index is 1.46. The van der Waals surface area contributed by atoms with E-state index in [9.17, 15) is 19.2 Å². The quantitative estimate of drug-likeness (QED) is 0.475. The van der Waals surface area contributed by atoms with E-state index in [4.69, 9.17) is 18.9 Å². The van der Waals surface area contributed by atoms with Gasteiger partial charge < -0.3 is 18.9 Å². The van der Waals surface area contributed by atoms with Gasteiger partial charge in [0.25, 0.3) is 0 Å². The monoisotopic (exact) mass is 396 g/mol. The molecule has 2 saturated heterocycles. The van der Waals surface area contributed by atoms with Gasteiger partial charge in [-0.3, -0.25) is 9.59 Å². The molecule has 4 rings (SSSR count). The number of carbonyl (C=O) groups is 4. The minimum atomic E-state index is -0.807. The number of hydrogen-bond acceptors (Lipinski definition) is 8. The van der Waals surface area contributed by atoms with Crippen LogP contribution in [-0.2, 0) is 38.1 Å². The molecule has 4 bridgehead atoms. The lowest BCUT2D eigenvalue weighted by Gasteiger charge is -2.45. The Morgan fingerprint density at radius 2 is 1.79 bits per heavy atom. The van der Waals surface area contributed by atoms with Crippen LogP contribution >= 0.6 is 0 Å². The average molecular weight is 396 g/mol. The Morgan fingerprint density at radius 1 is 1.07 bits per heavy atom. The maximum Gasteiger partial charge on any atom is 0.344 e. The predicted molar refractivity (Wildman–Crippen MR) is 94.8 cm³/mol. The second kappa shape index (κ2) is 7.72. The standard InChI is InChI=1S/C20H28O8/c1-4-19(2,3)18(24)26-10-15(21)25-11-16(22)28-20-7-12-5-13(8-20)17(23)27-14(6-12)9-20/h12-14H,4-11H2,1-3H3. The summed E-state index contributed by atoms with van der Waals surface area (Å²) in [6.45, 7) is 4.20. The molecule has 0 spiro atoms. The van der Waals surface area contributed by atoms with Gasteiger partial charge in [0.05, 0.1) is 11.3 Å². The average Bonchev–Trinajstić information content (AvgIpc) is 2.78. The Morgan fingerprint density at radius 3 is 2.50 bits per heavy atom. The minimum absolute atomic E-state index is 0.201. The molecule has 4 atom stereocenters. The van der Waals surface area contributed by atoms with E-state index in [0.29, 0.717) is 31.6 Å². The van der Waals surface area contributed by atoms with Crippen LogP contribution < -0.4 is 0 Å². The molecule has 0 aromatic rings. The van der Waals surface area contributed by atoms with E-state index in [1.165, 1.54) is 0 Å². The van der Waals surface area contributed by atoms with Crippen molar-refractivity contribution in [2.24, 2.45) is 17.3 Å². The molecule has 8 heteroatoms. The summed E-state index contributed by atoms with van der Waals surface area (Å²) in [5, 5.41) is 0. The molecule has 2 aliphatic heterocycles. The highest BCUT2D eigenvalue weighted by Gasteiger charge is 2.54. The predicted octanol–water partition coefficient (Wildman–Crippen LogP) is 1.93. The maximum absolute atomic E-state index is 12.2. The third-order valence-corrected chi connectivity index (χ3v) is 6.15. The lowest BCUT2D eigenvalue weighted by molar-refractivity contribution is -0.183. The number of rotatable bonds is 7. The van der Waals surface area contributed by atoms with Crippen molar-refractivity contribution in [3.8, 4) is 0 Å². The second-order valence-electron chi connectivity index (χ2n) is 8.84. The summed E-state index contributed by atoms with van der Waals surface area (Å²) in [5.74, 6) is -2.10. The van der Waals surface area contributed by atoms with Crippen LogP contribution in [-0.4, -0.2) is 48.8 Å². The zero-order valence-electron chi connectivity index (χ0n) is 16.7. The molecule has 0 radical (unpaired) electrons. The van der Waals surface area contributed by atoms with Gasteiger partial charge in [0.2, 0.25) is 0 Å². The molecule has 4 unspecified atom stereocenters. The lowest BCUT2D eigenvalue weighted by Crippen LogP contribution is -2.48. The third-order valence-electron chi connectivity index (χ3n) is 6.15. The highest BCUT2D eigenvalue weighted by molar-refractivity contribution is 5.81. The number of carbonyl (C=O) groups excluding carboxylic acids is 4. The number of hydrogen-bond donors (Lipinski definition) is 0. The fourth-order valence-electron chi connectivity index (χ4n) is 4.41. The molecular weight excluding hydrogens is 368 g/mol. The van der Waals surface area contributed by atoms with Crippen LogP contribution in [0.25, 0.3) is 0 Å². The Kier molecular flexibility index (Phi) is 5.68. The highest BCUT2D eigenvalue weighted by Crippen LogP contribution is 2.51. The van der Waals surface area contributed by atoms with Gasteiger partial charge in [-0.1, -0.05) is 6.92 Å². The van der Waals surface area contributed by atoms with Crippen LogP contribution in [0.3, 0.4) is 0 Å². The van der Waals surface area contributed by atoms with Gasteiger partial charge in [-0.05, 0) is 45.4 Å². The van der Waals surface area contributed by atoms with E-state index in [1.807, 2.05) is 6.92 Å². The molecule has 0 aromatic carbocycles. The molecule has 0 N–H and O–H groups in total. The van der Waals surface area contributed by atoms with E-state index in [0.717, 1.165) is 12.8 Å². The summed E-state index contributed by atoms with van der Waals surface area (Å²) in [4.78, 5) is 47.9. The van der Waals surface area contributed by atoms with E-state index >= 15 is 0 Å². The van der Waals surface area contributed by atoms with Crippen molar-refractivity contribution in [3.05, 3.63) is 0 Å². The molecule has 2 heterocycles. The fourth-order valence-corrected chi connectivity index (χ4v) is 4.41. The molecule has 4 fully saturated rings. The third kappa shape index (κ3) is 4.47. The highest BCUT2D eigenvalue weighted by atomic mass is 16.6. The Hall–Kier alpha value is -2.12. The fraction of sp³-hybridized carbons (Fsp3) is 0.800. The first-order chi connectivity index (χ1) is 13.1. The van der Waals surface area contributed by atoms with Crippen LogP contribution in [0.1, 0.15) is 59.3 Å². The van der Waals surface area contributed by atoms with Crippen molar-refractivity contribution in [3.63, 3.8) is 0 Å². The summed E-state index contributed by atoms with van der Waals surface area (Å²) in [5.41, 5.74) is -1.40. The first-order valence-electron chi connectivity index (χ1n) is 9.88. The van der Waals surface area contributed by atoms with Gasteiger partial charge in [0.1, 0.15) is 11.7 Å². The van der Waals surface area contributed by atoms with Crippen molar-refractivity contribution < 1.29 is 38.1 Å². The lowest BCUT2D eigenvalue weighted by atomic mass is 9.65. The summed E-state index contributed by atoms with van der Waals surface area (Å²) < 4.78 is 21.0. The molecular formula is C20H28O8. The SMILES string of the molecule is CCC(C)(C)C(=O)OCC(=O)OCC(=O)OC12CC3CC(C1)OC(=O)C(C3)C2. The van der Waals surface area contributed by atoms with Crippen molar-refractivity contribution in [1.82, 2.24) is 0 Å². The van der Waals surface area contributed by atoms with Gasteiger partial charge in [0, 0.05) is 12.8 Å². The molecule has 4 aliphatic rings. The van der Waals surface area contributed by atoms with Crippen molar-refractivity contribution >= 4 is 23.9 Å². The summed E-state index contributed by atoms with van der Waals surface area (Å²) >= 11 is 0. The second-order valence-corrected chi connectivity index (χ2v) is 8.84. The molecule has 2 saturated carbocycles. The van der Waals surface area contributed by atoms with E-state index in [-0.39, 0.29) is 18.0 Å². The topological polar surface area (TPSA) is 105 Å². The molecule has 28 heavy (non-hydrogen) atoms. The van der Waals surface area contributed by atoms with Crippen LogP contribution in [0.15, 0.2) is 0 Å². The summed E-state index contributed by atoms with van der Waals surface area (Å²) in [6.07, 6.45) is 3.62. The van der Waals surface area contributed by atoms with Gasteiger partial charge in [-0.2, -0.15) is 0 Å². The Labute approximate surface area is 164 Å². The van der Waals surface area contributed by atoms with Crippen molar-refractivity contribution in [2.45, 2.75) is 71.0 Å². The normalized spacial score (nSPS) is 31.0. The van der Waals surface area contributed by atoms with Gasteiger partial charge in [0.15, 0.2) is 13.2 Å². The smallest absolute Gasteiger partial charge is 0.344 e. The van der Waals surface area contributed by atoms with Gasteiger partial charge in [-0.25, -0.2) is 9.59 Å². The van der Waals surface area contributed by atoms with E-state index < -0.39 is 42.1 Å². The number of fused-ring (bicyclic) bond motifs is 1. The van der Waals surface area contributed by atoms with Gasteiger partial charge in [-0.15, -0.1) is 0 Å². The van der Waals surface area contributed by atoms with Crippen molar-refractivity contribution in [2.75, 3.05) is 13.2 Å². The Bertz CT molecular complexity index is 669. The largest absolute Gasteiger partial charge is 0.462 e. The van der Waals surface area contributed by atoms with Crippen molar-refractivity contribution in [1.29, 1.82) is 0 Å². The molecule has 2 aliphatic carbocycles. The zero-order valence-corrected chi connectivity index (χ0v) is 16.7.